The van der Waals surface area contributed by atoms with Crippen molar-refractivity contribution in [2.75, 3.05) is 13.1 Å². The summed E-state index contributed by atoms with van der Waals surface area (Å²) in [6.45, 7) is 0.981. The number of halogens is 1. The molecule has 1 aromatic heterocycles. The fraction of sp³-hybridized carbons (Fsp3) is 0.304. The molecule has 0 radical (unpaired) electrons. The summed E-state index contributed by atoms with van der Waals surface area (Å²) in [6.07, 6.45) is 6.06. The number of piperidine rings is 1. The molecule has 0 bridgehead atoms. The number of benzene rings is 2. The van der Waals surface area contributed by atoms with Crippen LogP contribution in [-0.2, 0) is 17.1 Å². The molecule has 3 aromatic rings. The second kappa shape index (κ2) is 9.22. The number of nitrogens with one attached hydrogen (secondary N) is 1. The highest BCUT2D eigenvalue weighted by atomic mass is 32.2. The van der Waals surface area contributed by atoms with Gasteiger partial charge in [-0.1, -0.05) is 24.6 Å². The second-order valence-electron chi connectivity index (χ2n) is 7.85. The first kappa shape index (κ1) is 22.2. The van der Waals surface area contributed by atoms with Crippen LogP contribution in [0.4, 0.5) is 4.39 Å². The molecule has 0 saturated carbocycles. The summed E-state index contributed by atoms with van der Waals surface area (Å²) in [6, 6.07) is 11.2. The summed E-state index contributed by atoms with van der Waals surface area (Å²) in [5.41, 5.74) is 0.885. The predicted molar refractivity (Wildman–Crippen MR) is 118 cm³/mol. The van der Waals surface area contributed by atoms with Crippen LogP contribution in [0.3, 0.4) is 0 Å². The minimum absolute atomic E-state index is 0.0994. The average molecular weight is 457 g/mol. The van der Waals surface area contributed by atoms with Crippen molar-refractivity contribution in [3.05, 3.63) is 83.7 Å². The number of hydrogen-bond acceptors (Lipinski definition) is 4. The van der Waals surface area contributed by atoms with Gasteiger partial charge >= 0.3 is 0 Å². The van der Waals surface area contributed by atoms with Crippen molar-refractivity contribution in [1.29, 1.82) is 0 Å². The van der Waals surface area contributed by atoms with Crippen molar-refractivity contribution >= 4 is 15.9 Å². The van der Waals surface area contributed by atoms with E-state index in [2.05, 4.69) is 10.3 Å². The van der Waals surface area contributed by atoms with Gasteiger partial charge in [-0.25, -0.2) is 17.8 Å². The fourth-order valence-corrected chi connectivity index (χ4v) is 5.44. The molecule has 32 heavy (non-hydrogen) atoms. The molecule has 2 heterocycles. The van der Waals surface area contributed by atoms with E-state index in [1.807, 2.05) is 0 Å². The summed E-state index contributed by atoms with van der Waals surface area (Å²) in [5.74, 6) is -0.255. The van der Waals surface area contributed by atoms with Gasteiger partial charge in [0, 0.05) is 38.1 Å². The van der Waals surface area contributed by atoms with Crippen LogP contribution in [0.1, 0.15) is 47.1 Å². The zero-order valence-electron chi connectivity index (χ0n) is 17.7. The standard InChI is InChI=1S/C23H25FN4O3S/c1-27-15-12-25-22(27)21(17-8-10-19(24)11-9-17)26-23(29)18-6-5-7-20(16-18)32(30,31)28-13-3-2-4-14-28/h5-12,15-16,21H,2-4,13-14H2,1H3,(H,26,29). The Morgan fingerprint density at radius 1 is 1.09 bits per heavy atom. The Kier molecular flexibility index (Phi) is 6.38. The van der Waals surface area contributed by atoms with Gasteiger partial charge < -0.3 is 9.88 Å². The lowest BCUT2D eigenvalue weighted by molar-refractivity contribution is 0.0941. The van der Waals surface area contributed by atoms with E-state index in [9.17, 15) is 17.6 Å². The van der Waals surface area contributed by atoms with E-state index in [0.717, 1.165) is 19.3 Å². The number of aryl methyl sites for hydroxylation is 1. The number of nitrogens with zero attached hydrogens (tertiary/aromatic N) is 3. The van der Waals surface area contributed by atoms with E-state index >= 15 is 0 Å². The van der Waals surface area contributed by atoms with Gasteiger partial charge in [0.05, 0.1) is 4.90 Å². The molecular formula is C23H25FN4O3S. The number of sulfonamides is 1. The molecule has 168 valence electrons. The van der Waals surface area contributed by atoms with Crippen LogP contribution in [-0.4, -0.2) is 41.3 Å². The molecule has 1 aliphatic rings. The lowest BCUT2D eigenvalue weighted by atomic mass is 10.1. The summed E-state index contributed by atoms with van der Waals surface area (Å²) < 4.78 is 42.7. The minimum Gasteiger partial charge on any atom is -0.338 e. The van der Waals surface area contributed by atoms with Gasteiger partial charge in [-0.05, 0) is 48.7 Å². The van der Waals surface area contributed by atoms with Crippen molar-refractivity contribution in [1.82, 2.24) is 19.2 Å². The van der Waals surface area contributed by atoms with Crippen LogP contribution in [0.15, 0.2) is 65.8 Å². The second-order valence-corrected chi connectivity index (χ2v) is 9.78. The quantitative estimate of drug-likeness (QED) is 0.617. The van der Waals surface area contributed by atoms with Crippen LogP contribution in [0, 0.1) is 5.82 Å². The SMILES string of the molecule is Cn1ccnc1C(NC(=O)c1cccc(S(=O)(=O)N2CCCCC2)c1)c1ccc(F)cc1. The van der Waals surface area contributed by atoms with E-state index in [1.165, 1.54) is 28.6 Å². The van der Waals surface area contributed by atoms with Crippen LogP contribution >= 0.6 is 0 Å². The number of hydrogen-bond donors (Lipinski definition) is 1. The van der Waals surface area contributed by atoms with Gasteiger partial charge in [-0.15, -0.1) is 0 Å². The smallest absolute Gasteiger partial charge is 0.252 e. The zero-order valence-corrected chi connectivity index (χ0v) is 18.6. The number of aromatic nitrogens is 2. The lowest BCUT2D eigenvalue weighted by Gasteiger charge is -2.26. The Morgan fingerprint density at radius 2 is 1.81 bits per heavy atom. The highest BCUT2D eigenvalue weighted by Crippen LogP contribution is 2.24. The van der Waals surface area contributed by atoms with Crippen molar-refractivity contribution in [3.63, 3.8) is 0 Å². The number of imidazole rings is 1. The molecule has 2 aromatic carbocycles. The Morgan fingerprint density at radius 3 is 2.47 bits per heavy atom. The van der Waals surface area contributed by atoms with Crippen molar-refractivity contribution in [3.8, 4) is 0 Å². The Labute approximate surface area is 186 Å². The maximum atomic E-state index is 13.4. The average Bonchev–Trinajstić information content (AvgIpc) is 3.24. The molecular weight excluding hydrogens is 431 g/mol. The molecule has 7 nitrogen and oxygen atoms in total. The van der Waals surface area contributed by atoms with Crippen molar-refractivity contribution in [2.45, 2.75) is 30.2 Å². The number of carbonyl (C=O) groups excluding carboxylic acids is 1. The molecule has 0 spiro atoms. The largest absolute Gasteiger partial charge is 0.338 e. The molecule has 1 N–H and O–H groups in total. The van der Waals surface area contributed by atoms with Gasteiger partial charge in [0.2, 0.25) is 10.0 Å². The highest BCUT2D eigenvalue weighted by molar-refractivity contribution is 7.89. The zero-order chi connectivity index (χ0) is 22.7. The monoisotopic (exact) mass is 456 g/mol. The van der Waals surface area contributed by atoms with Gasteiger partial charge in [0.25, 0.3) is 5.91 Å². The van der Waals surface area contributed by atoms with E-state index < -0.39 is 22.0 Å². The topological polar surface area (TPSA) is 84.3 Å². The van der Waals surface area contributed by atoms with E-state index in [-0.39, 0.29) is 16.3 Å². The minimum atomic E-state index is -3.66. The predicted octanol–water partition coefficient (Wildman–Crippen LogP) is 3.25. The third-order valence-electron chi connectivity index (χ3n) is 5.64. The first-order chi connectivity index (χ1) is 15.4. The third kappa shape index (κ3) is 4.58. The fourth-order valence-electron chi connectivity index (χ4n) is 3.87. The van der Waals surface area contributed by atoms with Gasteiger partial charge in [0.1, 0.15) is 17.7 Å². The lowest BCUT2D eigenvalue weighted by Crippen LogP contribution is -2.36. The molecule has 1 unspecified atom stereocenters. The molecule has 1 aliphatic heterocycles. The van der Waals surface area contributed by atoms with E-state index in [4.69, 9.17) is 0 Å². The Balaban J connectivity index is 1.62. The number of carbonyl (C=O) groups is 1. The first-order valence-corrected chi connectivity index (χ1v) is 11.9. The highest BCUT2D eigenvalue weighted by Gasteiger charge is 2.27. The Bertz CT molecular complexity index is 1200. The van der Waals surface area contributed by atoms with Crippen LogP contribution in [0.2, 0.25) is 0 Å². The summed E-state index contributed by atoms with van der Waals surface area (Å²) in [7, 11) is -1.86. The summed E-state index contributed by atoms with van der Waals surface area (Å²) >= 11 is 0. The molecule has 0 aliphatic carbocycles. The molecule has 1 fully saturated rings. The molecule has 1 saturated heterocycles. The summed E-state index contributed by atoms with van der Waals surface area (Å²) in [5, 5.41) is 2.92. The molecule has 9 heteroatoms. The maximum absolute atomic E-state index is 13.4. The Hall–Kier alpha value is -3.04. The first-order valence-electron chi connectivity index (χ1n) is 10.5. The molecule has 1 atom stereocenters. The van der Waals surface area contributed by atoms with E-state index in [0.29, 0.717) is 24.5 Å². The molecule has 1 amide bonds. The van der Waals surface area contributed by atoms with Gasteiger partial charge in [-0.3, -0.25) is 4.79 Å². The molecule has 4 rings (SSSR count). The summed E-state index contributed by atoms with van der Waals surface area (Å²) in [4.78, 5) is 17.6. The maximum Gasteiger partial charge on any atom is 0.252 e. The normalized spacial score (nSPS) is 15.9. The third-order valence-corrected chi connectivity index (χ3v) is 7.54. The number of rotatable bonds is 6. The van der Waals surface area contributed by atoms with Crippen LogP contribution in [0.25, 0.3) is 0 Å². The van der Waals surface area contributed by atoms with Crippen molar-refractivity contribution < 1.29 is 17.6 Å². The van der Waals surface area contributed by atoms with Crippen LogP contribution in [0.5, 0.6) is 0 Å². The number of amides is 1. The van der Waals surface area contributed by atoms with Crippen LogP contribution < -0.4 is 5.32 Å². The van der Waals surface area contributed by atoms with Gasteiger partial charge in [0.15, 0.2) is 0 Å². The van der Waals surface area contributed by atoms with E-state index in [1.54, 1.807) is 48.3 Å². The van der Waals surface area contributed by atoms with Crippen molar-refractivity contribution in [2.24, 2.45) is 7.05 Å². The van der Waals surface area contributed by atoms with Gasteiger partial charge in [-0.2, -0.15) is 4.31 Å².